The van der Waals surface area contributed by atoms with E-state index in [1.165, 1.54) is 0 Å². The highest BCUT2D eigenvalue weighted by molar-refractivity contribution is 6.81. The van der Waals surface area contributed by atoms with Crippen LogP contribution in [-0.2, 0) is 9.59 Å². The number of carbonyl (C=O) groups is 2. The first kappa shape index (κ1) is 7.63. The summed E-state index contributed by atoms with van der Waals surface area (Å²) in [5, 5.41) is -0.875. The van der Waals surface area contributed by atoms with Crippen molar-refractivity contribution in [3.05, 3.63) is 0 Å². The Hall–Kier alpha value is -0.370. The molecule has 2 nitrogen and oxygen atoms in total. The van der Waals surface area contributed by atoms with Crippen LogP contribution in [0.1, 0.15) is 13.8 Å². The van der Waals surface area contributed by atoms with Crippen molar-refractivity contribution in [2.75, 3.05) is 0 Å². The quantitative estimate of drug-likeness (QED) is 0.417. The summed E-state index contributed by atoms with van der Waals surface area (Å²) in [6.45, 7) is 3.26. The van der Waals surface area contributed by atoms with Gasteiger partial charge in [0.2, 0.25) is 5.78 Å². The third-order valence-corrected chi connectivity index (χ3v) is 0.904. The van der Waals surface area contributed by atoms with Crippen LogP contribution in [0.3, 0.4) is 0 Å². The summed E-state index contributed by atoms with van der Waals surface area (Å²) in [7, 11) is 0. The van der Waals surface area contributed by atoms with Gasteiger partial charge in [-0.05, 0) is 11.6 Å². The third kappa shape index (κ3) is 2.07. The highest BCUT2D eigenvalue weighted by Crippen LogP contribution is 1.96. The number of hydrogen-bond acceptors (Lipinski definition) is 2. The molecule has 8 heavy (non-hydrogen) atoms. The molecule has 0 heterocycles. The van der Waals surface area contributed by atoms with Crippen molar-refractivity contribution in [3.63, 3.8) is 0 Å². The molecule has 0 radical (unpaired) electrons. The van der Waals surface area contributed by atoms with Gasteiger partial charge < -0.3 is 0 Å². The highest BCUT2D eigenvalue weighted by atomic mass is 35.5. The first-order valence-electron chi connectivity index (χ1n) is 2.29. The van der Waals surface area contributed by atoms with Gasteiger partial charge in [0.1, 0.15) is 0 Å². The first-order chi connectivity index (χ1) is 3.55. The molecule has 0 aliphatic heterocycles. The highest BCUT2D eigenvalue weighted by Gasteiger charge is 2.13. The van der Waals surface area contributed by atoms with Gasteiger partial charge >= 0.3 is 0 Å². The summed E-state index contributed by atoms with van der Waals surface area (Å²) in [6, 6.07) is 0. The zero-order valence-corrected chi connectivity index (χ0v) is 5.53. The lowest BCUT2D eigenvalue weighted by atomic mass is 10.1. The van der Waals surface area contributed by atoms with Crippen LogP contribution in [0.25, 0.3) is 0 Å². The minimum atomic E-state index is -0.875. The average molecular weight is 135 g/mol. The number of ketones is 1. The van der Waals surface area contributed by atoms with E-state index in [9.17, 15) is 9.59 Å². The molecule has 0 amide bonds. The lowest BCUT2D eigenvalue weighted by Gasteiger charge is -1.93. The Morgan fingerprint density at radius 1 is 1.38 bits per heavy atom. The van der Waals surface area contributed by atoms with Gasteiger partial charge in [0.05, 0.1) is 0 Å². The summed E-state index contributed by atoms with van der Waals surface area (Å²) in [4.78, 5) is 20.4. The molecule has 46 valence electrons. The van der Waals surface area contributed by atoms with E-state index < -0.39 is 11.0 Å². The molecular weight excluding hydrogens is 128 g/mol. The molecule has 0 aliphatic carbocycles. The number of halogens is 1. The molecule has 0 aliphatic rings. The summed E-state index contributed by atoms with van der Waals surface area (Å²) in [5.74, 6) is -0.799. The molecule has 0 aromatic rings. The van der Waals surface area contributed by atoms with Gasteiger partial charge in [0.25, 0.3) is 5.24 Å². The Kier molecular flexibility index (Phi) is 2.69. The largest absolute Gasteiger partial charge is 0.289 e. The second-order valence-electron chi connectivity index (χ2n) is 1.79. The molecule has 0 saturated carbocycles. The number of Topliss-reactive ketones (excluding diaryl/α,β-unsaturated/α-hetero) is 1. The number of rotatable bonds is 2. The van der Waals surface area contributed by atoms with Gasteiger partial charge in [-0.15, -0.1) is 0 Å². The van der Waals surface area contributed by atoms with Crippen molar-refractivity contribution in [3.8, 4) is 0 Å². The second kappa shape index (κ2) is 2.82. The normalized spacial score (nSPS) is 9.50. The predicted octanol–water partition coefficient (Wildman–Crippen LogP) is 0.977. The molecule has 0 spiro atoms. The van der Waals surface area contributed by atoms with Gasteiger partial charge in [0.15, 0.2) is 0 Å². The summed E-state index contributed by atoms with van der Waals surface area (Å²) >= 11 is 4.83. The Balaban J connectivity index is 3.84. The Labute approximate surface area is 52.8 Å². The van der Waals surface area contributed by atoms with Crippen LogP contribution in [0.5, 0.6) is 0 Å². The lowest BCUT2D eigenvalue weighted by molar-refractivity contribution is -0.133. The molecule has 0 atom stereocenters. The van der Waals surface area contributed by atoms with Crippen LogP contribution >= 0.6 is 11.6 Å². The predicted molar refractivity (Wildman–Crippen MR) is 30.7 cm³/mol. The van der Waals surface area contributed by atoms with E-state index in [1.807, 2.05) is 0 Å². The molecular formula is C5H7ClO2. The zero-order chi connectivity index (χ0) is 6.73. The van der Waals surface area contributed by atoms with E-state index in [2.05, 4.69) is 0 Å². The van der Waals surface area contributed by atoms with E-state index in [4.69, 9.17) is 11.6 Å². The summed E-state index contributed by atoms with van der Waals surface area (Å²) in [6.07, 6.45) is 0. The fourth-order valence-corrected chi connectivity index (χ4v) is 0.445. The van der Waals surface area contributed by atoms with Crippen molar-refractivity contribution >= 4 is 22.6 Å². The van der Waals surface area contributed by atoms with Crippen LogP contribution in [0.15, 0.2) is 0 Å². The van der Waals surface area contributed by atoms with Gasteiger partial charge in [-0.1, -0.05) is 13.8 Å². The number of hydrogen-bond donors (Lipinski definition) is 0. The van der Waals surface area contributed by atoms with Crippen LogP contribution in [0.4, 0.5) is 0 Å². The third-order valence-electron chi connectivity index (χ3n) is 0.718. The van der Waals surface area contributed by atoms with Crippen molar-refractivity contribution in [2.45, 2.75) is 13.8 Å². The molecule has 0 unspecified atom stereocenters. The summed E-state index contributed by atoms with van der Waals surface area (Å²) < 4.78 is 0. The Morgan fingerprint density at radius 2 is 1.75 bits per heavy atom. The molecule has 0 rings (SSSR count). The van der Waals surface area contributed by atoms with E-state index in [0.717, 1.165) is 0 Å². The molecule has 0 saturated heterocycles. The molecule has 0 bridgehead atoms. The van der Waals surface area contributed by atoms with Crippen molar-refractivity contribution in [1.29, 1.82) is 0 Å². The Bertz CT molecular complexity index is 118. The van der Waals surface area contributed by atoms with Crippen molar-refractivity contribution in [2.24, 2.45) is 5.92 Å². The topological polar surface area (TPSA) is 34.1 Å². The standard InChI is InChI=1S/C5H7ClO2/c1-3(2)4(7)5(6)8/h3H,1-2H3. The van der Waals surface area contributed by atoms with E-state index in [0.29, 0.717) is 0 Å². The molecule has 0 aromatic heterocycles. The molecule has 0 aromatic carbocycles. The van der Waals surface area contributed by atoms with E-state index >= 15 is 0 Å². The second-order valence-corrected chi connectivity index (χ2v) is 2.14. The maximum Gasteiger partial charge on any atom is 0.288 e. The SMILES string of the molecule is CC(C)C(=O)C(=O)Cl. The molecule has 0 N–H and O–H groups in total. The van der Waals surface area contributed by atoms with Gasteiger partial charge in [0, 0.05) is 5.92 Å². The number of carbonyl (C=O) groups excluding carboxylic acids is 2. The minimum absolute atomic E-state index is 0.278. The van der Waals surface area contributed by atoms with Gasteiger partial charge in [-0.3, -0.25) is 9.59 Å². The van der Waals surface area contributed by atoms with E-state index in [1.54, 1.807) is 13.8 Å². The monoisotopic (exact) mass is 134 g/mol. The summed E-state index contributed by atoms with van der Waals surface area (Å²) in [5.41, 5.74) is 0. The van der Waals surface area contributed by atoms with E-state index in [-0.39, 0.29) is 5.92 Å². The average Bonchev–Trinajstić information content (AvgIpc) is 1.64. The fraction of sp³-hybridized carbons (Fsp3) is 0.600. The molecule has 3 heteroatoms. The maximum absolute atomic E-state index is 10.4. The maximum atomic E-state index is 10.4. The van der Waals surface area contributed by atoms with Crippen molar-refractivity contribution in [1.82, 2.24) is 0 Å². The van der Waals surface area contributed by atoms with Crippen LogP contribution in [-0.4, -0.2) is 11.0 Å². The van der Waals surface area contributed by atoms with Crippen molar-refractivity contribution < 1.29 is 9.59 Å². The fourth-order valence-electron chi connectivity index (χ4n) is 0.227. The Morgan fingerprint density at radius 3 is 1.75 bits per heavy atom. The van der Waals surface area contributed by atoms with Crippen LogP contribution in [0.2, 0.25) is 0 Å². The minimum Gasteiger partial charge on any atom is -0.289 e. The first-order valence-corrected chi connectivity index (χ1v) is 2.67. The molecule has 0 fully saturated rings. The van der Waals surface area contributed by atoms with Crippen LogP contribution < -0.4 is 0 Å². The lowest BCUT2D eigenvalue weighted by Crippen LogP contribution is -2.13. The van der Waals surface area contributed by atoms with Gasteiger partial charge in [-0.2, -0.15) is 0 Å². The van der Waals surface area contributed by atoms with Gasteiger partial charge in [-0.25, -0.2) is 0 Å². The zero-order valence-electron chi connectivity index (χ0n) is 4.77. The smallest absolute Gasteiger partial charge is 0.288 e. The van der Waals surface area contributed by atoms with Crippen LogP contribution in [0, 0.1) is 5.92 Å².